The van der Waals surface area contributed by atoms with Gasteiger partial charge in [-0.15, -0.1) is 0 Å². The number of para-hydroxylation sites is 1. The van der Waals surface area contributed by atoms with Crippen LogP contribution < -0.4 is 16.0 Å². The van der Waals surface area contributed by atoms with Crippen molar-refractivity contribution in [3.8, 4) is 5.75 Å². The highest BCUT2D eigenvalue weighted by Crippen LogP contribution is 2.55. The molecule has 8 heteroatoms. The quantitative estimate of drug-likeness (QED) is 0.386. The van der Waals surface area contributed by atoms with Gasteiger partial charge in [-0.1, -0.05) is 35.9 Å². The predicted octanol–water partition coefficient (Wildman–Crippen LogP) is 3.32. The van der Waals surface area contributed by atoms with E-state index in [1.54, 1.807) is 23.7 Å². The number of nitrogens with zero attached hydrogens (tertiary/aromatic N) is 1. The summed E-state index contributed by atoms with van der Waals surface area (Å²) >= 11 is 6.43. The average molecular weight is 440 g/mol. The van der Waals surface area contributed by atoms with E-state index in [0.29, 0.717) is 23.8 Å². The molecule has 3 aromatic rings. The Morgan fingerprint density at radius 3 is 2.77 bits per heavy atom. The van der Waals surface area contributed by atoms with E-state index >= 15 is 0 Å². The van der Waals surface area contributed by atoms with Crippen molar-refractivity contribution in [2.75, 3.05) is 0 Å². The molecule has 0 aliphatic heterocycles. The van der Waals surface area contributed by atoms with Crippen LogP contribution in [0.15, 0.2) is 48.5 Å². The van der Waals surface area contributed by atoms with E-state index in [4.69, 9.17) is 27.3 Å². The Labute approximate surface area is 184 Å². The number of carbonyl (C=O) groups excluding carboxylic acids is 2. The van der Waals surface area contributed by atoms with E-state index in [9.17, 15) is 9.59 Å². The van der Waals surface area contributed by atoms with Gasteiger partial charge in [0.2, 0.25) is 11.8 Å². The zero-order valence-corrected chi connectivity index (χ0v) is 17.6. The van der Waals surface area contributed by atoms with Gasteiger partial charge in [0.15, 0.2) is 0 Å². The number of benzene rings is 2. The lowest BCUT2D eigenvalue weighted by molar-refractivity contribution is -0.134. The number of hydroxylamine groups is 1. The van der Waals surface area contributed by atoms with Crippen molar-refractivity contribution in [3.05, 3.63) is 70.4 Å². The van der Waals surface area contributed by atoms with Gasteiger partial charge in [-0.2, -0.15) is 0 Å². The summed E-state index contributed by atoms with van der Waals surface area (Å²) in [4.78, 5) is 28.2. The van der Waals surface area contributed by atoms with Crippen molar-refractivity contribution < 1.29 is 19.5 Å². The van der Waals surface area contributed by atoms with Crippen molar-refractivity contribution in [3.63, 3.8) is 0 Å². The molecular formula is C23H22ClN3O4. The van der Waals surface area contributed by atoms with Gasteiger partial charge in [-0.3, -0.25) is 19.8 Å². The highest BCUT2D eigenvalue weighted by atomic mass is 35.5. The standard InChI is InChI=1S/C23H22ClN3O4/c1-13-8-15(16-4-2-3-5-19(16)26-13)12-31-20-7-6-14(9-18(20)24)10-23(22(25)29)11-17(23)21(28)27-30/h2-9,17,30H,10-12H2,1H3,(H2,25,29)(H,27,28). The Balaban J connectivity index is 1.50. The Hall–Kier alpha value is -3.16. The van der Waals surface area contributed by atoms with E-state index in [1.165, 1.54) is 0 Å². The first-order valence-corrected chi connectivity index (χ1v) is 10.2. The molecule has 7 nitrogen and oxygen atoms in total. The zero-order chi connectivity index (χ0) is 22.2. The average Bonchev–Trinajstić information content (AvgIpc) is 3.48. The molecule has 0 spiro atoms. The first-order valence-electron chi connectivity index (χ1n) is 9.84. The van der Waals surface area contributed by atoms with Crippen molar-refractivity contribution in [2.45, 2.75) is 26.4 Å². The van der Waals surface area contributed by atoms with Crippen LogP contribution in [0, 0.1) is 18.3 Å². The van der Waals surface area contributed by atoms with Crippen LogP contribution in [0.25, 0.3) is 10.9 Å². The van der Waals surface area contributed by atoms with Crippen molar-refractivity contribution in [2.24, 2.45) is 17.1 Å². The lowest BCUT2D eigenvalue weighted by atomic mass is 9.93. The third-order valence-electron chi connectivity index (χ3n) is 5.82. The SMILES string of the molecule is Cc1cc(COc2ccc(CC3(C(N)=O)CC3C(=O)NO)cc2Cl)c2ccccc2n1. The molecule has 0 radical (unpaired) electrons. The van der Waals surface area contributed by atoms with Crippen LogP contribution in [0.1, 0.15) is 23.2 Å². The summed E-state index contributed by atoms with van der Waals surface area (Å²) in [5, 5.41) is 10.3. The molecule has 2 aromatic carbocycles. The summed E-state index contributed by atoms with van der Waals surface area (Å²) in [5.74, 6) is -1.31. The Bertz CT molecular complexity index is 1180. The van der Waals surface area contributed by atoms with Gasteiger partial charge in [0.1, 0.15) is 12.4 Å². The van der Waals surface area contributed by atoms with Gasteiger partial charge in [0, 0.05) is 16.6 Å². The normalized spacial score (nSPS) is 19.8. The molecule has 2 atom stereocenters. The second-order valence-corrected chi connectivity index (χ2v) is 8.33. The second-order valence-electron chi connectivity index (χ2n) is 7.92. The maximum Gasteiger partial charge on any atom is 0.247 e. The maximum atomic E-state index is 12.0. The number of ether oxygens (including phenoxy) is 1. The minimum absolute atomic E-state index is 0.259. The lowest BCUT2D eigenvalue weighted by Crippen LogP contribution is -2.33. The first-order chi connectivity index (χ1) is 14.8. The summed E-state index contributed by atoms with van der Waals surface area (Å²) in [6.07, 6.45) is 0.549. The Morgan fingerprint density at radius 1 is 1.29 bits per heavy atom. The van der Waals surface area contributed by atoms with Gasteiger partial charge in [-0.25, -0.2) is 5.48 Å². The fraction of sp³-hybridized carbons (Fsp3) is 0.261. The number of aromatic nitrogens is 1. The second kappa shape index (κ2) is 8.17. The molecular weight excluding hydrogens is 418 g/mol. The van der Waals surface area contributed by atoms with Crippen molar-refractivity contribution in [1.29, 1.82) is 0 Å². The Morgan fingerprint density at radius 2 is 2.06 bits per heavy atom. The minimum atomic E-state index is -1.01. The molecule has 0 saturated heterocycles. The van der Waals surface area contributed by atoms with Gasteiger partial charge in [-0.05, 0) is 49.6 Å². The van der Waals surface area contributed by atoms with Gasteiger partial charge < -0.3 is 10.5 Å². The molecule has 1 saturated carbocycles. The van der Waals surface area contributed by atoms with Crippen LogP contribution in [0.3, 0.4) is 0 Å². The molecule has 4 rings (SSSR count). The third kappa shape index (κ3) is 4.06. The molecule has 0 bridgehead atoms. The number of pyridine rings is 1. The number of primary amides is 1. The molecule has 1 fully saturated rings. The summed E-state index contributed by atoms with van der Waals surface area (Å²) in [7, 11) is 0. The summed E-state index contributed by atoms with van der Waals surface area (Å²) in [6.45, 7) is 2.27. The summed E-state index contributed by atoms with van der Waals surface area (Å²) in [5.41, 5.74) is 9.70. The molecule has 31 heavy (non-hydrogen) atoms. The van der Waals surface area contributed by atoms with Crippen LogP contribution in [0.2, 0.25) is 5.02 Å². The van der Waals surface area contributed by atoms with Crippen LogP contribution >= 0.6 is 11.6 Å². The van der Waals surface area contributed by atoms with E-state index in [1.807, 2.05) is 37.3 Å². The molecule has 1 aromatic heterocycles. The number of aryl methyl sites for hydroxylation is 1. The monoisotopic (exact) mass is 439 g/mol. The maximum absolute atomic E-state index is 12.0. The van der Waals surface area contributed by atoms with Crippen LogP contribution in [0.5, 0.6) is 5.75 Å². The number of amides is 2. The third-order valence-corrected chi connectivity index (χ3v) is 6.12. The molecule has 2 amide bonds. The highest BCUT2D eigenvalue weighted by Gasteiger charge is 2.62. The number of carbonyl (C=O) groups is 2. The number of halogens is 1. The van der Waals surface area contributed by atoms with E-state index in [0.717, 1.165) is 27.7 Å². The summed E-state index contributed by atoms with van der Waals surface area (Å²) < 4.78 is 5.96. The van der Waals surface area contributed by atoms with Crippen LogP contribution in [0.4, 0.5) is 0 Å². The number of rotatable bonds is 7. The van der Waals surface area contributed by atoms with Crippen molar-refractivity contribution in [1.82, 2.24) is 10.5 Å². The zero-order valence-electron chi connectivity index (χ0n) is 16.9. The fourth-order valence-electron chi connectivity index (χ4n) is 4.09. The molecule has 4 N–H and O–H groups in total. The molecule has 160 valence electrons. The van der Waals surface area contributed by atoms with E-state index < -0.39 is 23.1 Å². The Kier molecular flexibility index (Phi) is 5.56. The van der Waals surface area contributed by atoms with Gasteiger partial charge >= 0.3 is 0 Å². The molecule has 1 aliphatic carbocycles. The van der Waals surface area contributed by atoms with Crippen molar-refractivity contribution >= 4 is 34.3 Å². The van der Waals surface area contributed by atoms with Crippen LogP contribution in [-0.4, -0.2) is 22.0 Å². The fourth-order valence-corrected chi connectivity index (χ4v) is 4.34. The lowest BCUT2D eigenvalue weighted by Gasteiger charge is -2.15. The smallest absolute Gasteiger partial charge is 0.247 e. The first kappa shape index (κ1) is 21.1. The number of hydrogen-bond donors (Lipinski definition) is 3. The highest BCUT2D eigenvalue weighted by molar-refractivity contribution is 6.32. The topological polar surface area (TPSA) is 115 Å². The van der Waals surface area contributed by atoms with Gasteiger partial charge in [0.25, 0.3) is 0 Å². The van der Waals surface area contributed by atoms with E-state index in [2.05, 4.69) is 4.98 Å². The summed E-state index contributed by atoms with van der Waals surface area (Å²) in [6, 6.07) is 15.1. The number of fused-ring (bicyclic) bond motifs is 1. The number of nitrogens with one attached hydrogen (secondary N) is 1. The predicted molar refractivity (Wildman–Crippen MR) is 116 cm³/mol. The van der Waals surface area contributed by atoms with Gasteiger partial charge in [0.05, 0.1) is 21.9 Å². The number of nitrogens with two attached hydrogens (primary N) is 1. The molecule has 1 heterocycles. The minimum Gasteiger partial charge on any atom is -0.487 e. The van der Waals surface area contributed by atoms with E-state index in [-0.39, 0.29) is 6.42 Å². The molecule has 1 aliphatic rings. The molecule has 2 unspecified atom stereocenters. The van der Waals surface area contributed by atoms with Crippen LogP contribution in [-0.2, 0) is 22.6 Å². The number of hydrogen-bond acceptors (Lipinski definition) is 5. The largest absolute Gasteiger partial charge is 0.487 e.